The van der Waals surface area contributed by atoms with E-state index >= 15 is 0 Å². The summed E-state index contributed by atoms with van der Waals surface area (Å²) in [6, 6.07) is 5.66. The highest BCUT2D eigenvalue weighted by molar-refractivity contribution is 5.83. The van der Waals surface area contributed by atoms with Crippen molar-refractivity contribution in [3.05, 3.63) is 23.8 Å². The highest BCUT2D eigenvalue weighted by atomic mass is 16.5. The van der Waals surface area contributed by atoms with Crippen molar-refractivity contribution in [3.8, 4) is 11.5 Å². The summed E-state index contributed by atoms with van der Waals surface area (Å²) in [6.07, 6.45) is 1.57. The molecule has 0 aromatic heterocycles. The monoisotopic (exact) mass is 350 g/mol. The van der Waals surface area contributed by atoms with Crippen LogP contribution in [0.15, 0.2) is 18.2 Å². The van der Waals surface area contributed by atoms with Gasteiger partial charge in [-0.1, -0.05) is 19.9 Å². The number of nitrogens with zero attached hydrogens (tertiary/aromatic N) is 1. The van der Waals surface area contributed by atoms with Crippen molar-refractivity contribution in [2.75, 3.05) is 33.9 Å². The fourth-order valence-corrected chi connectivity index (χ4v) is 2.38. The number of benzene rings is 1. The van der Waals surface area contributed by atoms with Crippen molar-refractivity contribution in [1.29, 1.82) is 0 Å². The Bertz CT molecular complexity index is 573. The van der Waals surface area contributed by atoms with Gasteiger partial charge in [-0.05, 0) is 36.5 Å². The van der Waals surface area contributed by atoms with Gasteiger partial charge in [0, 0.05) is 20.0 Å². The van der Waals surface area contributed by atoms with Gasteiger partial charge in [0.1, 0.15) is 0 Å². The number of hydrogen-bond acceptors (Lipinski definition) is 4. The van der Waals surface area contributed by atoms with Gasteiger partial charge < -0.3 is 19.7 Å². The molecule has 0 saturated carbocycles. The van der Waals surface area contributed by atoms with Crippen molar-refractivity contribution < 1.29 is 19.1 Å². The predicted molar refractivity (Wildman–Crippen MR) is 98.0 cm³/mol. The van der Waals surface area contributed by atoms with Crippen LogP contribution in [0.4, 0.5) is 0 Å². The number of hydrogen-bond donors (Lipinski definition) is 1. The minimum atomic E-state index is -0.122. The molecule has 0 heterocycles. The number of rotatable bonds is 10. The maximum Gasteiger partial charge on any atom is 0.239 e. The molecular formula is C19H30N2O4. The van der Waals surface area contributed by atoms with E-state index < -0.39 is 0 Å². The van der Waals surface area contributed by atoms with Crippen LogP contribution in [0.3, 0.4) is 0 Å². The van der Waals surface area contributed by atoms with Crippen LogP contribution in [-0.4, -0.2) is 50.6 Å². The maximum absolute atomic E-state index is 12.0. The lowest BCUT2D eigenvalue weighted by atomic mass is 10.1. The van der Waals surface area contributed by atoms with Crippen molar-refractivity contribution in [2.45, 2.75) is 33.6 Å². The van der Waals surface area contributed by atoms with Gasteiger partial charge in [-0.3, -0.25) is 9.59 Å². The van der Waals surface area contributed by atoms with Gasteiger partial charge in [-0.2, -0.15) is 0 Å². The summed E-state index contributed by atoms with van der Waals surface area (Å²) < 4.78 is 10.5. The number of methoxy groups -OCH3 is 2. The van der Waals surface area contributed by atoms with Crippen molar-refractivity contribution in [3.63, 3.8) is 0 Å². The average molecular weight is 350 g/mol. The second kappa shape index (κ2) is 10.6. The second-order valence-electron chi connectivity index (χ2n) is 6.41. The van der Waals surface area contributed by atoms with Crippen LogP contribution in [0.25, 0.3) is 0 Å². The van der Waals surface area contributed by atoms with E-state index in [-0.39, 0.29) is 18.4 Å². The lowest BCUT2D eigenvalue weighted by molar-refractivity contribution is -0.134. The van der Waals surface area contributed by atoms with Crippen LogP contribution < -0.4 is 14.8 Å². The lowest BCUT2D eigenvalue weighted by Gasteiger charge is -2.21. The van der Waals surface area contributed by atoms with Crippen LogP contribution in [0, 0.1) is 5.92 Å². The zero-order valence-electron chi connectivity index (χ0n) is 15.9. The highest BCUT2D eigenvalue weighted by Gasteiger charge is 2.14. The lowest BCUT2D eigenvalue weighted by Crippen LogP contribution is -2.41. The highest BCUT2D eigenvalue weighted by Crippen LogP contribution is 2.27. The first-order valence-electron chi connectivity index (χ1n) is 8.60. The number of carbonyl (C=O) groups excluding carboxylic acids is 2. The van der Waals surface area contributed by atoms with E-state index in [0.29, 0.717) is 36.9 Å². The molecule has 0 saturated heterocycles. The predicted octanol–water partition coefficient (Wildman–Crippen LogP) is 2.26. The molecule has 0 unspecified atom stereocenters. The Morgan fingerprint density at radius 2 is 1.84 bits per heavy atom. The fraction of sp³-hybridized carbons (Fsp3) is 0.579. The summed E-state index contributed by atoms with van der Waals surface area (Å²) in [6.45, 7) is 6.89. The molecule has 0 aliphatic heterocycles. The Hall–Kier alpha value is -2.24. The van der Waals surface area contributed by atoms with E-state index in [2.05, 4.69) is 19.2 Å². The minimum Gasteiger partial charge on any atom is -0.493 e. The minimum absolute atomic E-state index is 0.0840. The number of nitrogens with one attached hydrogen (secondary N) is 1. The topological polar surface area (TPSA) is 67.9 Å². The summed E-state index contributed by atoms with van der Waals surface area (Å²) in [5.74, 6) is 1.62. The molecule has 6 heteroatoms. The molecule has 1 N–H and O–H groups in total. The first-order chi connectivity index (χ1) is 11.9. The van der Waals surface area contributed by atoms with Crippen LogP contribution in [0.5, 0.6) is 11.5 Å². The largest absolute Gasteiger partial charge is 0.493 e. The zero-order chi connectivity index (χ0) is 18.8. The van der Waals surface area contributed by atoms with Crippen LogP contribution in [-0.2, 0) is 16.0 Å². The van der Waals surface area contributed by atoms with Crippen LogP contribution >= 0.6 is 0 Å². The normalized spacial score (nSPS) is 10.5. The molecule has 2 amide bonds. The summed E-state index contributed by atoms with van der Waals surface area (Å²) in [5, 5.41) is 2.86. The van der Waals surface area contributed by atoms with Gasteiger partial charge in [0.15, 0.2) is 11.5 Å². The van der Waals surface area contributed by atoms with Gasteiger partial charge in [-0.15, -0.1) is 0 Å². The Morgan fingerprint density at radius 1 is 1.16 bits per heavy atom. The fourth-order valence-electron chi connectivity index (χ4n) is 2.38. The molecule has 140 valence electrons. The number of carbonyl (C=O) groups is 2. The van der Waals surface area contributed by atoms with E-state index in [4.69, 9.17) is 9.47 Å². The molecule has 1 aromatic carbocycles. The summed E-state index contributed by atoms with van der Waals surface area (Å²) >= 11 is 0. The zero-order valence-corrected chi connectivity index (χ0v) is 15.9. The van der Waals surface area contributed by atoms with Gasteiger partial charge in [-0.25, -0.2) is 0 Å². The van der Waals surface area contributed by atoms with Crippen molar-refractivity contribution in [1.82, 2.24) is 10.2 Å². The molecule has 0 fully saturated rings. The quantitative estimate of drug-likeness (QED) is 0.703. The molecule has 0 aliphatic rings. The third-order valence-corrected chi connectivity index (χ3v) is 3.94. The first-order valence-corrected chi connectivity index (χ1v) is 8.60. The molecule has 1 rings (SSSR count). The summed E-state index contributed by atoms with van der Waals surface area (Å²) in [5.41, 5.74) is 1.02. The SMILES string of the molecule is COc1ccc(CCN(CC(=O)NCCC(C)C)C(C)=O)cc1OC. The molecule has 0 radical (unpaired) electrons. The second-order valence-corrected chi connectivity index (χ2v) is 6.41. The third kappa shape index (κ3) is 7.45. The average Bonchev–Trinajstić information content (AvgIpc) is 2.57. The summed E-state index contributed by atoms with van der Waals surface area (Å²) in [4.78, 5) is 25.4. The van der Waals surface area contributed by atoms with Crippen molar-refractivity contribution in [2.24, 2.45) is 5.92 Å². The van der Waals surface area contributed by atoms with Gasteiger partial charge >= 0.3 is 0 Å². The van der Waals surface area contributed by atoms with Gasteiger partial charge in [0.05, 0.1) is 20.8 Å². The molecule has 0 atom stereocenters. The Morgan fingerprint density at radius 3 is 2.40 bits per heavy atom. The third-order valence-electron chi connectivity index (χ3n) is 3.94. The van der Waals surface area contributed by atoms with Gasteiger partial charge in [0.2, 0.25) is 11.8 Å². The van der Waals surface area contributed by atoms with Crippen LogP contribution in [0.1, 0.15) is 32.8 Å². The molecule has 0 bridgehead atoms. The summed E-state index contributed by atoms with van der Waals surface area (Å²) in [7, 11) is 3.18. The molecular weight excluding hydrogens is 320 g/mol. The molecule has 6 nitrogen and oxygen atoms in total. The maximum atomic E-state index is 12.0. The Balaban J connectivity index is 2.58. The smallest absolute Gasteiger partial charge is 0.239 e. The number of ether oxygens (including phenoxy) is 2. The molecule has 0 spiro atoms. The van der Waals surface area contributed by atoms with E-state index in [1.54, 1.807) is 19.1 Å². The number of amides is 2. The molecule has 25 heavy (non-hydrogen) atoms. The van der Waals surface area contributed by atoms with E-state index in [1.807, 2.05) is 18.2 Å². The van der Waals surface area contributed by atoms with Crippen molar-refractivity contribution >= 4 is 11.8 Å². The van der Waals surface area contributed by atoms with E-state index in [9.17, 15) is 9.59 Å². The Kier molecular flexibility index (Phi) is 8.81. The Labute approximate surface area is 150 Å². The van der Waals surface area contributed by atoms with E-state index in [1.165, 1.54) is 6.92 Å². The van der Waals surface area contributed by atoms with Gasteiger partial charge in [0.25, 0.3) is 0 Å². The van der Waals surface area contributed by atoms with E-state index in [0.717, 1.165) is 12.0 Å². The molecule has 0 aliphatic carbocycles. The molecule has 1 aromatic rings. The van der Waals surface area contributed by atoms with Crippen LogP contribution in [0.2, 0.25) is 0 Å². The standard InChI is InChI=1S/C19H30N2O4/c1-14(2)8-10-20-19(23)13-21(15(3)22)11-9-16-6-7-17(24-4)18(12-16)25-5/h6-7,12,14H,8-11,13H2,1-5H3,(H,20,23). The first kappa shape index (κ1) is 20.8.